The number of piperazine rings is 1. The second-order valence-corrected chi connectivity index (χ2v) is 6.18. The van der Waals surface area contributed by atoms with Crippen LogP contribution in [-0.2, 0) is 5.41 Å². The summed E-state index contributed by atoms with van der Waals surface area (Å²) < 4.78 is 0. The summed E-state index contributed by atoms with van der Waals surface area (Å²) in [6, 6.07) is 11.0. The Morgan fingerprint density at radius 3 is 2.26 bits per heavy atom. The number of rotatable bonds is 5. The van der Waals surface area contributed by atoms with Crippen LogP contribution < -0.4 is 0 Å². The predicted octanol–water partition coefficient (Wildman–Crippen LogP) is 2.99. The number of benzene rings is 1. The van der Waals surface area contributed by atoms with Crippen LogP contribution >= 0.6 is 0 Å². The molecule has 1 aliphatic rings. The lowest BCUT2D eigenvalue weighted by Crippen LogP contribution is -2.45. The van der Waals surface area contributed by atoms with E-state index in [1.807, 2.05) is 0 Å². The zero-order valence-electron chi connectivity index (χ0n) is 12.7. The first kappa shape index (κ1) is 14.5. The first-order valence-electron chi connectivity index (χ1n) is 7.60. The fourth-order valence-corrected chi connectivity index (χ4v) is 2.84. The number of hydrogen-bond donors (Lipinski definition) is 0. The fourth-order valence-electron chi connectivity index (χ4n) is 2.84. The van der Waals surface area contributed by atoms with Crippen molar-refractivity contribution in [3.8, 4) is 0 Å². The summed E-state index contributed by atoms with van der Waals surface area (Å²) in [4.78, 5) is 5.05. The molecule has 106 valence electrons. The zero-order chi connectivity index (χ0) is 13.7. The Morgan fingerprint density at radius 1 is 1.05 bits per heavy atom. The summed E-state index contributed by atoms with van der Waals surface area (Å²) >= 11 is 0. The quantitative estimate of drug-likeness (QED) is 0.803. The minimum Gasteiger partial charge on any atom is -0.304 e. The molecular formula is C17H28N2. The molecule has 1 unspecified atom stereocenters. The molecule has 0 aliphatic carbocycles. The molecule has 19 heavy (non-hydrogen) atoms. The molecule has 0 spiro atoms. The van der Waals surface area contributed by atoms with Crippen LogP contribution in [0.1, 0.15) is 32.3 Å². The highest BCUT2D eigenvalue weighted by atomic mass is 15.2. The maximum absolute atomic E-state index is 2.62. The van der Waals surface area contributed by atoms with Gasteiger partial charge in [0.25, 0.3) is 0 Å². The third-order valence-electron chi connectivity index (χ3n) is 4.83. The van der Waals surface area contributed by atoms with Gasteiger partial charge in [0.2, 0.25) is 0 Å². The van der Waals surface area contributed by atoms with E-state index in [2.05, 4.69) is 61.0 Å². The average Bonchev–Trinajstić information content (AvgIpc) is 2.47. The zero-order valence-corrected chi connectivity index (χ0v) is 12.7. The molecule has 1 aliphatic heterocycles. The highest BCUT2D eigenvalue weighted by molar-refractivity contribution is 5.24. The smallest absolute Gasteiger partial charge is 0.0110 e. The van der Waals surface area contributed by atoms with Crippen LogP contribution in [-0.4, -0.2) is 49.6 Å². The van der Waals surface area contributed by atoms with Crippen LogP contribution in [0.2, 0.25) is 0 Å². The maximum Gasteiger partial charge on any atom is 0.0110 e. The average molecular weight is 260 g/mol. The first-order chi connectivity index (χ1) is 9.14. The molecule has 2 rings (SSSR count). The summed E-state index contributed by atoms with van der Waals surface area (Å²) in [6.07, 6.45) is 2.47. The predicted molar refractivity (Wildman–Crippen MR) is 82.6 cm³/mol. The van der Waals surface area contributed by atoms with E-state index < -0.39 is 0 Å². The van der Waals surface area contributed by atoms with Crippen LogP contribution in [0.15, 0.2) is 30.3 Å². The van der Waals surface area contributed by atoms with E-state index in [0.29, 0.717) is 5.41 Å². The Labute approximate surface area is 118 Å². The third kappa shape index (κ3) is 3.80. The van der Waals surface area contributed by atoms with Crippen molar-refractivity contribution in [2.75, 3.05) is 39.8 Å². The lowest BCUT2D eigenvalue weighted by atomic mass is 9.77. The normalized spacial score (nSPS) is 21.2. The van der Waals surface area contributed by atoms with Crippen LogP contribution in [0.25, 0.3) is 0 Å². The van der Waals surface area contributed by atoms with E-state index in [9.17, 15) is 0 Å². The second kappa shape index (κ2) is 6.53. The van der Waals surface area contributed by atoms with Crippen LogP contribution in [0.4, 0.5) is 0 Å². The minimum atomic E-state index is 0.324. The standard InChI is InChI=1S/C17H28N2/c1-4-17(2,16-8-6-5-7-9-16)10-11-19-14-12-18(3)13-15-19/h5-9H,4,10-15H2,1-3H3. The van der Waals surface area contributed by atoms with Crippen LogP contribution in [0, 0.1) is 0 Å². The second-order valence-electron chi connectivity index (χ2n) is 6.18. The highest BCUT2D eigenvalue weighted by Gasteiger charge is 2.25. The molecule has 0 aromatic heterocycles. The molecular weight excluding hydrogens is 232 g/mol. The van der Waals surface area contributed by atoms with Crippen molar-refractivity contribution in [2.45, 2.75) is 32.1 Å². The maximum atomic E-state index is 2.62. The van der Waals surface area contributed by atoms with Gasteiger partial charge in [-0.1, -0.05) is 44.2 Å². The topological polar surface area (TPSA) is 6.48 Å². The van der Waals surface area contributed by atoms with Crippen molar-refractivity contribution in [1.29, 1.82) is 0 Å². The molecule has 1 saturated heterocycles. The molecule has 0 radical (unpaired) electrons. The van der Waals surface area contributed by atoms with Gasteiger partial charge in [0.1, 0.15) is 0 Å². The summed E-state index contributed by atoms with van der Waals surface area (Å²) in [7, 11) is 2.22. The summed E-state index contributed by atoms with van der Waals surface area (Å²) in [6.45, 7) is 10.8. The molecule has 2 nitrogen and oxygen atoms in total. The lowest BCUT2D eigenvalue weighted by Gasteiger charge is -2.36. The largest absolute Gasteiger partial charge is 0.304 e. The Balaban J connectivity index is 1.92. The molecule has 0 saturated carbocycles. The van der Waals surface area contributed by atoms with Crippen molar-refractivity contribution in [3.63, 3.8) is 0 Å². The molecule has 1 heterocycles. The van der Waals surface area contributed by atoms with E-state index in [-0.39, 0.29) is 0 Å². The van der Waals surface area contributed by atoms with Crippen molar-refractivity contribution >= 4 is 0 Å². The summed E-state index contributed by atoms with van der Waals surface area (Å²) in [5.41, 5.74) is 1.82. The van der Waals surface area contributed by atoms with Gasteiger partial charge < -0.3 is 9.80 Å². The molecule has 1 aromatic carbocycles. The van der Waals surface area contributed by atoms with Gasteiger partial charge in [-0.2, -0.15) is 0 Å². The number of likely N-dealkylation sites (N-methyl/N-ethyl adjacent to an activating group) is 1. The summed E-state index contributed by atoms with van der Waals surface area (Å²) in [5, 5.41) is 0. The highest BCUT2D eigenvalue weighted by Crippen LogP contribution is 2.31. The molecule has 1 aromatic rings. The van der Waals surface area contributed by atoms with E-state index in [0.717, 1.165) is 0 Å². The molecule has 0 N–H and O–H groups in total. The van der Waals surface area contributed by atoms with Gasteiger partial charge in [-0.05, 0) is 37.4 Å². The Morgan fingerprint density at radius 2 is 1.68 bits per heavy atom. The van der Waals surface area contributed by atoms with Crippen molar-refractivity contribution in [1.82, 2.24) is 9.80 Å². The van der Waals surface area contributed by atoms with Gasteiger partial charge in [0, 0.05) is 26.2 Å². The van der Waals surface area contributed by atoms with E-state index in [1.54, 1.807) is 0 Å². The van der Waals surface area contributed by atoms with Crippen LogP contribution in [0.3, 0.4) is 0 Å². The van der Waals surface area contributed by atoms with E-state index in [1.165, 1.54) is 51.1 Å². The SMILES string of the molecule is CCC(C)(CCN1CCN(C)CC1)c1ccccc1. The van der Waals surface area contributed by atoms with Crippen molar-refractivity contribution < 1.29 is 0 Å². The molecule has 0 bridgehead atoms. The Bertz CT molecular complexity index is 368. The fraction of sp³-hybridized carbons (Fsp3) is 0.647. The lowest BCUT2D eigenvalue weighted by molar-refractivity contribution is 0.143. The summed E-state index contributed by atoms with van der Waals surface area (Å²) in [5.74, 6) is 0. The van der Waals surface area contributed by atoms with Gasteiger partial charge in [0.05, 0.1) is 0 Å². The third-order valence-corrected chi connectivity index (χ3v) is 4.83. The molecule has 2 heteroatoms. The van der Waals surface area contributed by atoms with E-state index >= 15 is 0 Å². The molecule has 1 atom stereocenters. The van der Waals surface area contributed by atoms with Crippen LogP contribution in [0.5, 0.6) is 0 Å². The van der Waals surface area contributed by atoms with Gasteiger partial charge in [-0.15, -0.1) is 0 Å². The van der Waals surface area contributed by atoms with Crippen molar-refractivity contribution in [2.24, 2.45) is 0 Å². The first-order valence-corrected chi connectivity index (χ1v) is 7.60. The van der Waals surface area contributed by atoms with Gasteiger partial charge in [-0.25, -0.2) is 0 Å². The molecule has 0 amide bonds. The molecule has 1 fully saturated rings. The Kier molecular flexibility index (Phi) is 5.00. The van der Waals surface area contributed by atoms with Crippen molar-refractivity contribution in [3.05, 3.63) is 35.9 Å². The number of nitrogens with zero attached hydrogens (tertiary/aromatic N) is 2. The number of hydrogen-bond acceptors (Lipinski definition) is 2. The van der Waals surface area contributed by atoms with Gasteiger partial charge >= 0.3 is 0 Å². The minimum absolute atomic E-state index is 0.324. The van der Waals surface area contributed by atoms with Gasteiger partial charge in [0.15, 0.2) is 0 Å². The monoisotopic (exact) mass is 260 g/mol. The van der Waals surface area contributed by atoms with Gasteiger partial charge in [-0.3, -0.25) is 0 Å². The Hall–Kier alpha value is -0.860. The van der Waals surface area contributed by atoms with E-state index in [4.69, 9.17) is 0 Å².